The summed E-state index contributed by atoms with van der Waals surface area (Å²) in [5.41, 5.74) is 2.27. The first-order chi connectivity index (χ1) is 15.4. The zero-order valence-electron chi connectivity index (χ0n) is 19.8. The van der Waals surface area contributed by atoms with Gasteiger partial charge in [0.05, 0.1) is 31.0 Å². The molecule has 0 aromatic heterocycles. The lowest BCUT2D eigenvalue weighted by atomic mass is 9.95. The molecule has 0 spiro atoms. The van der Waals surface area contributed by atoms with Gasteiger partial charge in [-0.15, -0.1) is 6.58 Å². The van der Waals surface area contributed by atoms with Crippen LogP contribution in [-0.2, 0) is 4.79 Å². The smallest absolute Gasteiger partial charge is 0.322 e. The average molecular weight is 441 g/mol. The van der Waals surface area contributed by atoms with Crippen LogP contribution in [0.2, 0.25) is 0 Å². The highest BCUT2D eigenvalue weighted by atomic mass is 16.5. The van der Waals surface area contributed by atoms with Gasteiger partial charge < -0.3 is 19.9 Å². The fourth-order valence-corrected chi connectivity index (χ4v) is 4.57. The molecule has 1 aromatic rings. The van der Waals surface area contributed by atoms with E-state index in [0.29, 0.717) is 24.4 Å². The van der Waals surface area contributed by atoms with Gasteiger partial charge >= 0.3 is 6.03 Å². The quantitative estimate of drug-likeness (QED) is 0.535. The molecule has 2 aliphatic heterocycles. The van der Waals surface area contributed by atoms with Crippen molar-refractivity contribution in [2.24, 2.45) is 0 Å². The van der Waals surface area contributed by atoms with Crippen LogP contribution in [0.4, 0.5) is 4.79 Å². The third-order valence-corrected chi connectivity index (χ3v) is 6.51. The lowest BCUT2D eigenvalue weighted by Crippen LogP contribution is -2.47. The van der Waals surface area contributed by atoms with Gasteiger partial charge in [-0.3, -0.25) is 9.69 Å². The molecule has 3 rings (SSSR count). The fraction of sp³-hybridized carbons (Fsp3) is 0.520. The van der Waals surface area contributed by atoms with Crippen LogP contribution in [0.15, 0.2) is 48.2 Å². The van der Waals surface area contributed by atoms with Gasteiger partial charge in [0.2, 0.25) is 0 Å². The van der Waals surface area contributed by atoms with Crippen LogP contribution in [0.5, 0.6) is 5.75 Å². The number of ether oxygens (including phenoxy) is 1. The normalized spacial score (nSPS) is 19.3. The van der Waals surface area contributed by atoms with Crippen molar-refractivity contribution in [2.75, 3.05) is 39.8 Å². The van der Waals surface area contributed by atoms with Gasteiger partial charge in [0.25, 0.3) is 5.91 Å². The van der Waals surface area contributed by atoms with Crippen LogP contribution >= 0.6 is 0 Å². The summed E-state index contributed by atoms with van der Waals surface area (Å²) < 4.78 is 5.36. The molecule has 2 aliphatic rings. The first-order valence-corrected chi connectivity index (χ1v) is 11.5. The van der Waals surface area contributed by atoms with Gasteiger partial charge in [-0.2, -0.15) is 0 Å². The number of nitrogens with zero attached hydrogens (tertiary/aromatic N) is 3. The Kier molecular flexibility index (Phi) is 7.96. The maximum absolute atomic E-state index is 13.6. The Labute approximate surface area is 191 Å². The molecule has 7 nitrogen and oxygen atoms in total. The van der Waals surface area contributed by atoms with Gasteiger partial charge in [-0.25, -0.2) is 4.79 Å². The van der Waals surface area contributed by atoms with Gasteiger partial charge in [0.15, 0.2) is 0 Å². The van der Waals surface area contributed by atoms with E-state index in [2.05, 4.69) is 37.6 Å². The molecule has 174 valence electrons. The van der Waals surface area contributed by atoms with Crippen LogP contribution in [0.25, 0.3) is 0 Å². The first kappa shape index (κ1) is 23.9. The average Bonchev–Trinajstić information content (AvgIpc) is 3.15. The Morgan fingerprint density at radius 3 is 2.72 bits per heavy atom. The number of nitrogens with one attached hydrogen (secondary N) is 1. The van der Waals surface area contributed by atoms with Crippen molar-refractivity contribution in [1.82, 2.24) is 20.0 Å². The number of benzene rings is 1. The van der Waals surface area contributed by atoms with Crippen molar-refractivity contribution in [3.8, 4) is 5.75 Å². The molecule has 0 saturated carbocycles. The predicted molar refractivity (Wildman–Crippen MR) is 126 cm³/mol. The fourth-order valence-electron chi connectivity index (χ4n) is 4.57. The summed E-state index contributed by atoms with van der Waals surface area (Å²) >= 11 is 0. The topological polar surface area (TPSA) is 65.1 Å². The van der Waals surface area contributed by atoms with Crippen LogP contribution in [0.3, 0.4) is 0 Å². The molecular weight excluding hydrogens is 404 g/mol. The van der Waals surface area contributed by atoms with Crippen molar-refractivity contribution < 1.29 is 14.3 Å². The second-order valence-electron chi connectivity index (χ2n) is 8.37. The predicted octanol–water partition coefficient (Wildman–Crippen LogP) is 3.55. The highest BCUT2D eigenvalue weighted by molar-refractivity contribution is 6.01. The summed E-state index contributed by atoms with van der Waals surface area (Å²) in [5.74, 6) is 0.691. The third kappa shape index (κ3) is 4.83. The minimum atomic E-state index is -0.492. The van der Waals surface area contributed by atoms with Crippen molar-refractivity contribution in [3.63, 3.8) is 0 Å². The summed E-state index contributed by atoms with van der Waals surface area (Å²) in [6.45, 7) is 14.2. The third-order valence-electron chi connectivity index (χ3n) is 6.51. The van der Waals surface area contributed by atoms with E-state index in [1.165, 1.54) is 0 Å². The summed E-state index contributed by atoms with van der Waals surface area (Å²) in [6, 6.07) is 6.93. The van der Waals surface area contributed by atoms with Crippen LogP contribution in [-0.4, -0.2) is 72.5 Å². The van der Waals surface area contributed by atoms with Crippen molar-refractivity contribution >= 4 is 11.9 Å². The summed E-state index contributed by atoms with van der Waals surface area (Å²) in [4.78, 5) is 32.5. The van der Waals surface area contributed by atoms with E-state index in [4.69, 9.17) is 4.74 Å². The highest BCUT2D eigenvalue weighted by Gasteiger charge is 2.44. The van der Waals surface area contributed by atoms with Crippen LogP contribution in [0, 0.1) is 0 Å². The molecule has 0 saturated heterocycles. The van der Waals surface area contributed by atoms with E-state index in [1.54, 1.807) is 18.1 Å². The molecule has 2 unspecified atom stereocenters. The number of carbonyl (C=O) groups is 2. The van der Waals surface area contributed by atoms with Crippen molar-refractivity contribution in [2.45, 2.75) is 45.7 Å². The minimum Gasteiger partial charge on any atom is -0.497 e. The Balaban J connectivity index is 1.84. The van der Waals surface area contributed by atoms with E-state index < -0.39 is 6.04 Å². The summed E-state index contributed by atoms with van der Waals surface area (Å²) in [7, 11) is 1.61. The van der Waals surface area contributed by atoms with E-state index in [0.717, 1.165) is 43.7 Å². The number of hydrogen-bond acceptors (Lipinski definition) is 4. The van der Waals surface area contributed by atoms with Gasteiger partial charge in [-0.1, -0.05) is 32.1 Å². The number of hydrogen-bond donors (Lipinski definition) is 1. The first-order valence-electron chi connectivity index (χ1n) is 11.5. The van der Waals surface area contributed by atoms with E-state index in [1.807, 2.05) is 29.2 Å². The molecule has 7 heteroatoms. The van der Waals surface area contributed by atoms with Crippen LogP contribution < -0.4 is 10.1 Å². The number of carbonyl (C=O) groups excluding carboxylic acids is 2. The van der Waals surface area contributed by atoms with Crippen molar-refractivity contribution in [3.05, 3.63) is 53.8 Å². The van der Waals surface area contributed by atoms with Gasteiger partial charge in [-0.05, 0) is 57.1 Å². The molecule has 1 aromatic carbocycles. The maximum Gasteiger partial charge on any atom is 0.322 e. The number of urea groups is 1. The zero-order chi connectivity index (χ0) is 23.3. The zero-order valence-corrected chi connectivity index (χ0v) is 19.8. The Bertz CT molecular complexity index is 878. The Morgan fingerprint density at radius 2 is 2.06 bits per heavy atom. The largest absolute Gasteiger partial charge is 0.497 e. The molecule has 0 fully saturated rings. The lowest BCUT2D eigenvalue weighted by molar-refractivity contribution is -0.127. The van der Waals surface area contributed by atoms with Crippen molar-refractivity contribution in [1.29, 1.82) is 0 Å². The van der Waals surface area contributed by atoms with Gasteiger partial charge in [0.1, 0.15) is 5.75 Å². The maximum atomic E-state index is 13.6. The summed E-state index contributed by atoms with van der Waals surface area (Å²) in [5, 5.41) is 3.03. The Morgan fingerprint density at radius 1 is 1.31 bits per heavy atom. The molecule has 0 radical (unpaired) electrons. The van der Waals surface area contributed by atoms with Crippen LogP contribution in [0.1, 0.15) is 45.2 Å². The number of methoxy groups -OCH3 is 1. The Hall–Kier alpha value is -2.80. The SMILES string of the molecule is C=CCN1C(=O)NC(c2cccc(OC)c2)C2=C1CN(C(C)CCCN(CC)CC)C2=O. The second-order valence-corrected chi connectivity index (χ2v) is 8.37. The highest BCUT2D eigenvalue weighted by Crippen LogP contribution is 2.38. The molecule has 2 atom stereocenters. The molecular formula is C25H36N4O3. The minimum absolute atomic E-state index is 0.00257. The van der Waals surface area contributed by atoms with E-state index in [-0.39, 0.29) is 18.0 Å². The molecule has 2 heterocycles. The summed E-state index contributed by atoms with van der Waals surface area (Å²) in [6.07, 6.45) is 3.65. The second kappa shape index (κ2) is 10.7. The molecule has 0 bridgehead atoms. The lowest BCUT2D eigenvalue weighted by Gasteiger charge is -2.33. The van der Waals surface area contributed by atoms with E-state index in [9.17, 15) is 9.59 Å². The van der Waals surface area contributed by atoms with Gasteiger partial charge in [0, 0.05) is 12.6 Å². The molecule has 1 N–H and O–H groups in total. The number of rotatable bonds is 11. The monoisotopic (exact) mass is 440 g/mol. The molecule has 0 aliphatic carbocycles. The number of amides is 3. The molecule has 32 heavy (non-hydrogen) atoms. The molecule has 3 amide bonds. The standard InChI is InChI=1S/C25H36N4O3/c1-6-14-28-21-17-29(18(4)11-10-15-27(7-2)8-3)24(30)22(21)23(26-25(28)31)19-12-9-13-20(16-19)32-5/h6,9,12-13,16,18,23H,1,7-8,10-11,14-15,17H2,2-5H3,(H,26,31). The van der Waals surface area contributed by atoms with E-state index >= 15 is 0 Å².